The molecule has 1 aromatic heterocycles. The first-order valence-electron chi connectivity index (χ1n) is 6.31. The van der Waals surface area contributed by atoms with E-state index in [9.17, 15) is 4.79 Å². The number of aryl methyl sites for hydroxylation is 1. The van der Waals surface area contributed by atoms with Gasteiger partial charge in [-0.2, -0.15) is 5.10 Å². The maximum Gasteiger partial charge on any atom is 0.164 e. The van der Waals surface area contributed by atoms with Gasteiger partial charge in [0.25, 0.3) is 0 Å². The van der Waals surface area contributed by atoms with E-state index >= 15 is 0 Å². The Bertz CT molecular complexity index is 563. The monoisotopic (exact) mass is 259 g/mol. The second kappa shape index (κ2) is 6.13. The van der Waals surface area contributed by atoms with Gasteiger partial charge in [-0.25, -0.2) is 9.67 Å². The normalized spacial score (nSPS) is 10.4. The molecule has 0 saturated heterocycles. The highest BCUT2D eigenvalue weighted by atomic mass is 16.5. The first kappa shape index (κ1) is 13.3. The molecule has 1 heterocycles. The standard InChI is InChI=1S/C14H17N3O2/c1-3-7-17-14(15-10-16-17)9-19-13-6-4-5-12(8-13)11(2)18/h4-6,8,10H,3,7,9H2,1-2H3. The Balaban J connectivity index is 2.04. The van der Waals surface area contributed by atoms with Crippen LogP contribution in [0.1, 0.15) is 36.5 Å². The maximum atomic E-state index is 11.3. The van der Waals surface area contributed by atoms with Crippen molar-refractivity contribution in [3.63, 3.8) is 0 Å². The van der Waals surface area contributed by atoms with E-state index in [1.807, 2.05) is 16.8 Å². The highest BCUT2D eigenvalue weighted by molar-refractivity contribution is 5.94. The molecule has 2 aromatic rings. The van der Waals surface area contributed by atoms with E-state index in [0.29, 0.717) is 17.9 Å². The first-order valence-corrected chi connectivity index (χ1v) is 6.31. The lowest BCUT2D eigenvalue weighted by atomic mass is 10.1. The van der Waals surface area contributed by atoms with Crippen molar-refractivity contribution < 1.29 is 9.53 Å². The number of rotatable bonds is 6. The van der Waals surface area contributed by atoms with Gasteiger partial charge >= 0.3 is 0 Å². The van der Waals surface area contributed by atoms with Gasteiger partial charge in [0.05, 0.1) is 0 Å². The van der Waals surface area contributed by atoms with E-state index in [1.165, 1.54) is 13.3 Å². The molecule has 0 radical (unpaired) electrons. The molecule has 5 heteroatoms. The van der Waals surface area contributed by atoms with Crippen LogP contribution in [0.3, 0.4) is 0 Å². The first-order chi connectivity index (χ1) is 9.20. The van der Waals surface area contributed by atoms with E-state index in [2.05, 4.69) is 17.0 Å². The van der Waals surface area contributed by atoms with Gasteiger partial charge in [0.15, 0.2) is 11.6 Å². The van der Waals surface area contributed by atoms with Crippen LogP contribution in [0, 0.1) is 0 Å². The van der Waals surface area contributed by atoms with Crippen molar-refractivity contribution in [1.82, 2.24) is 14.8 Å². The summed E-state index contributed by atoms with van der Waals surface area (Å²) in [6.07, 6.45) is 2.52. The summed E-state index contributed by atoms with van der Waals surface area (Å²) >= 11 is 0. The lowest BCUT2D eigenvalue weighted by Crippen LogP contribution is -2.08. The molecule has 19 heavy (non-hydrogen) atoms. The minimum absolute atomic E-state index is 0.0274. The zero-order valence-electron chi connectivity index (χ0n) is 11.2. The molecular formula is C14H17N3O2. The third-order valence-electron chi connectivity index (χ3n) is 2.74. The molecule has 0 bridgehead atoms. The van der Waals surface area contributed by atoms with Gasteiger partial charge in [-0.05, 0) is 25.5 Å². The van der Waals surface area contributed by atoms with Crippen molar-refractivity contribution in [1.29, 1.82) is 0 Å². The molecule has 0 unspecified atom stereocenters. The second-order valence-electron chi connectivity index (χ2n) is 4.27. The third kappa shape index (κ3) is 3.40. The number of Topliss-reactive ketones (excluding diaryl/α,β-unsaturated/α-hetero) is 1. The van der Waals surface area contributed by atoms with Gasteiger partial charge in [0.2, 0.25) is 0 Å². The smallest absolute Gasteiger partial charge is 0.164 e. The number of ether oxygens (including phenoxy) is 1. The molecule has 1 aromatic carbocycles. The number of ketones is 1. The Kier molecular flexibility index (Phi) is 4.28. The lowest BCUT2D eigenvalue weighted by Gasteiger charge is -2.08. The molecule has 0 amide bonds. The van der Waals surface area contributed by atoms with Crippen LogP contribution in [0.4, 0.5) is 0 Å². The zero-order valence-corrected chi connectivity index (χ0v) is 11.2. The summed E-state index contributed by atoms with van der Waals surface area (Å²) in [5.74, 6) is 1.48. The van der Waals surface area contributed by atoms with Crippen LogP contribution in [0.25, 0.3) is 0 Å². The molecule has 2 rings (SSSR count). The Morgan fingerprint density at radius 2 is 2.26 bits per heavy atom. The molecular weight excluding hydrogens is 242 g/mol. The number of carbonyl (C=O) groups excluding carboxylic acids is 1. The molecule has 0 fully saturated rings. The predicted molar refractivity (Wildman–Crippen MR) is 71.1 cm³/mol. The third-order valence-corrected chi connectivity index (χ3v) is 2.74. The summed E-state index contributed by atoms with van der Waals surface area (Å²) in [4.78, 5) is 15.5. The average Bonchev–Trinajstić information content (AvgIpc) is 2.85. The summed E-state index contributed by atoms with van der Waals surface area (Å²) in [7, 11) is 0. The van der Waals surface area contributed by atoms with E-state index in [4.69, 9.17) is 4.74 Å². The van der Waals surface area contributed by atoms with Crippen LogP contribution >= 0.6 is 0 Å². The highest BCUT2D eigenvalue weighted by Gasteiger charge is 2.06. The minimum Gasteiger partial charge on any atom is -0.486 e. The van der Waals surface area contributed by atoms with Crippen molar-refractivity contribution in [3.05, 3.63) is 42.0 Å². The quantitative estimate of drug-likeness (QED) is 0.748. The van der Waals surface area contributed by atoms with Gasteiger partial charge in [-0.3, -0.25) is 4.79 Å². The van der Waals surface area contributed by atoms with Crippen molar-refractivity contribution in [3.8, 4) is 5.75 Å². The van der Waals surface area contributed by atoms with E-state index in [0.717, 1.165) is 18.8 Å². The molecule has 100 valence electrons. The summed E-state index contributed by atoms with van der Waals surface area (Å²) in [5, 5.41) is 4.14. The van der Waals surface area contributed by atoms with Gasteiger partial charge in [0, 0.05) is 12.1 Å². The van der Waals surface area contributed by atoms with E-state index in [-0.39, 0.29) is 5.78 Å². The number of nitrogens with zero attached hydrogens (tertiary/aromatic N) is 3. The van der Waals surface area contributed by atoms with Crippen molar-refractivity contribution in [2.45, 2.75) is 33.4 Å². The summed E-state index contributed by atoms with van der Waals surface area (Å²) < 4.78 is 7.48. The van der Waals surface area contributed by atoms with Crippen LogP contribution in [-0.4, -0.2) is 20.5 Å². The summed E-state index contributed by atoms with van der Waals surface area (Å²) in [6.45, 7) is 4.80. The Hall–Kier alpha value is -2.17. The largest absolute Gasteiger partial charge is 0.486 e. The van der Waals surface area contributed by atoms with Crippen LogP contribution < -0.4 is 4.74 Å². The second-order valence-corrected chi connectivity index (χ2v) is 4.27. The number of hydrogen-bond acceptors (Lipinski definition) is 4. The summed E-state index contributed by atoms with van der Waals surface area (Å²) in [5.41, 5.74) is 0.646. The van der Waals surface area contributed by atoms with Gasteiger partial charge in [-0.15, -0.1) is 0 Å². The van der Waals surface area contributed by atoms with Crippen LogP contribution in [0.5, 0.6) is 5.75 Å². The molecule has 0 saturated carbocycles. The van der Waals surface area contributed by atoms with E-state index < -0.39 is 0 Å². The minimum atomic E-state index is 0.0274. The van der Waals surface area contributed by atoms with E-state index in [1.54, 1.807) is 12.1 Å². The Labute approximate surface area is 112 Å². The van der Waals surface area contributed by atoms with Crippen LogP contribution in [0.2, 0.25) is 0 Å². The fraction of sp³-hybridized carbons (Fsp3) is 0.357. The molecule has 0 atom stereocenters. The van der Waals surface area contributed by atoms with Crippen LogP contribution in [-0.2, 0) is 13.2 Å². The molecule has 0 aliphatic rings. The molecule has 0 aliphatic heterocycles. The molecule has 5 nitrogen and oxygen atoms in total. The lowest BCUT2D eigenvalue weighted by molar-refractivity contribution is 0.101. The van der Waals surface area contributed by atoms with Crippen molar-refractivity contribution in [2.75, 3.05) is 0 Å². The number of benzene rings is 1. The number of hydrogen-bond donors (Lipinski definition) is 0. The highest BCUT2D eigenvalue weighted by Crippen LogP contribution is 2.15. The molecule has 0 aliphatic carbocycles. The SMILES string of the molecule is CCCn1ncnc1COc1cccc(C(C)=O)c1. The predicted octanol–water partition coefficient (Wildman–Crippen LogP) is 2.47. The summed E-state index contributed by atoms with van der Waals surface area (Å²) in [6, 6.07) is 7.15. The molecule has 0 spiro atoms. The van der Waals surface area contributed by atoms with Crippen molar-refractivity contribution in [2.24, 2.45) is 0 Å². The van der Waals surface area contributed by atoms with Gasteiger partial charge in [0.1, 0.15) is 18.7 Å². The fourth-order valence-electron chi connectivity index (χ4n) is 1.75. The fourth-order valence-corrected chi connectivity index (χ4v) is 1.75. The number of aromatic nitrogens is 3. The van der Waals surface area contributed by atoms with Crippen molar-refractivity contribution >= 4 is 5.78 Å². The maximum absolute atomic E-state index is 11.3. The average molecular weight is 259 g/mol. The van der Waals surface area contributed by atoms with Gasteiger partial charge in [-0.1, -0.05) is 19.1 Å². The Morgan fingerprint density at radius 1 is 1.42 bits per heavy atom. The zero-order chi connectivity index (χ0) is 13.7. The molecule has 0 N–H and O–H groups in total. The van der Waals surface area contributed by atoms with Gasteiger partial charge < -0.3 is 4.74 Å². The topological polar surface area (TPSA) is 57.0 Å². The Morgan fingerprint density at radius 3 is 3.00 bits per heavy atom. The van der Waals surface area contributed by atoms with Crippen LogP contribution in [0.15, 0.2) is 30.6 Å². The number of carbonyl (C=O) groups is 1.